The van der Waals surface area contributed by atoms with Crippen molar-refractivity contribution in [2.45, 2.75) is 41.0 Å². The molecule has 0 amide bonds. The van der Waals surface area contributed by atoms with Crippen LogP contribution in [0, 0.1) is 13.8 Å². The van der Waals surface area contributed by atoms with Gasteiger partial charge in [-0.2, -0.15) is 0 Å². The lowest BCUT2D eigenvalue weighted by Gasteiger charge is -2.24. The monoisotopic (exact) mass is 281 g/mol. The molecular weight excluding hydrogens is 258 g/mol. The molecule has 0 N–H and O–H groups in total. The van der Waals surface area contributed by atoms with E-state index in [1.807, 2.05) is 36.5 Å². The molecule has 1 nitrogen and oxygen atoms in total. The maximum atomic E-state index is 2.44. The second-order valence-corrected chi connectivity index (χ2v) is 6.12. The van der Waals surface area contributed by atoms with Crippen LogP contribution in [-0.2, 0) is 0 Å². The quantitative estimate of drug-likeness (QED) is 0.664. The number of thiophene rings is 2. The van der Waals surface area contributed by atoms with Crippen LogP contribution in [0.2, 0.25) is 0 Å². The molecule has 2 rings (SSSR count). The summed E-state index contributed by atoms with van der Waals surface area (Å²) in [6, 6.07) is 4.46. The first-order chi connectivity index (χ1) is 8.74. The summed E-state index contributed by atoms with van der Waals surface area (Å²) < 4.78 is 0. The minimum Gasteiger partial charge on any atom is -0.340 e. The van der Waals surface area contributed by atoms with E-state index in [9.17, 15) is 0 Å². The summed E-state index contributed by atoms with van der Waals surface area (Å²) in [6.07, 6.45) is 1.17. The first-order valence-corrected chi connectivity index (χ1v) is 8.35. The highest BCUT2D eigenvalue weighted by molar-refractivity contribution is 7.10. The van der Waals surface area contributed by atoms with Gasteiger partial charge in [0.25, 0.3) is 0 Å². The summed E-state index contributed by atoms with van der Waals surface area (Å²) in [7, 11) is 0. The number of anilines is 2. The number of hydrogen-bond donors (Lipinski definition) is 0. The van der Waals surface area contributed by atoms with Gasteiger partial charge in [0.1, 0.15) is 0 Å². The topological polar surface area (TPSA) is 3.24 Å². The highest BCUT2D eigenvalue weighted by Crippen LogP contribution is 2.35. The molecule has 3 heteroatoms. The number of rotatable bonds is 4. The van der Waals surface area contributed by atoms with Gasteiger partial charge in [-0.05, 0) is 43.2 Å². The molecule has 0 radical (unpaired) electrons. The third-order valence-corrected chi connectivity index (χ3v) is 4.36. The molecule has 18 heavy (non-hydrogen) atoms. The van der Waals surface area contributed by atoms with Crippen LogP contribution in [0.15, 0.2) is 22.9 Å². The summed E-state index contributed by atoms with van der Waals surface area (Å²) in [5.74, 6) is 0. The first-order valence-electron chi connectivity index (χ1n) is 6.59. The fourth-order valence-electron chi connectivity index (χ4n) is 1.91. The third kappa shape index (κ3) is 3.36. The van der Waals surface area contributed by atoms with Gasteiger partial charge in [0.2, 0.25) is 0 Å². The van der Waals surface area contributed by atoms with Crippen molar-refractivity contribution in [2.24, 2.45) is 0 Å². The fourth-order valence-corrected chi connectivity index (χ4v) is 3.31. The molecule has 100 valence electrons. The summed E-state index contributed by atoms with van der Waals surface area (Å²) in [6.45, 7) is 11.7. The zero-order chi connectivity index (χ0) is 13.5. The lowest BCUT2D eigenvalue weighted by molar-refractivity contribution is 0.884. The van der Waals surface area contributed by atoms with Gasteiger partial charge >= 0.3 is 0 Å². The minimum absolute atomic E-state index is 1.09. The van der Waals surface area contributed by atoms with Crippen LogP contribution in [0.4, 0.5) is 11.4 Å². The zero-order valence-electron chi connectivity index (χ0n) is 12.0. The molecule has 2 heterocycles. The van der Waals surface area contributed by atoms with Crippen molar-refractivity contribution in [3.63, 3.8) is 0 Å². The standard InChI is InChI=1S/C13H17NS2.C2H6/c1-4-7-14(12-5-8-15-10(12)2)13-6-9-16-11(13)3;1-2/h5-6,8-9H,4,7H2,1-3H3;1-2H3. The molecule has 0 aromatic carbocycles. The molecule has 0 saturated heterocycles. The van der Waals surface area contributed by atoms with Crippen molar-refractivity contribution in [1.29, 1.82) is 0 Å². The van der Waals surface area contributed by atoms with Gasteiger partial charge in [-0.3, -0.25) is 0 Å². The van der Waals surface area contributed by atoms with Gasteiger partial charge in [-0.1, -0.05) is 20.8 Å². The van der Waals surface area contributed by atoms with Crippen LogP contribution >= 0.6 is 22.7 Å². The van der Waals surface area contributed by atoms with Crippen LogP contribution in [0.25, 0.3) is 0 Å². The number of nitrogens with zero attached hydrogens (tertiary/aromatic N) is 1. The molecule has 0 atom stereocenters. The van der Waals surface area contributed by atoms with Crippen LogP contribution in [0.3, 0.4) is 0 Å². The lowest BCUT2D eigenvalue weighted by Crippen LogP contribution is -2.17. The van der Waals surface area contributed by atoms with Gasteiger partial charge in [0, 0.05) is 16.3 Å². The van der Waals surface area contributed by atoms with Crippen molar-refractivity contribution in [1.82, 2.24) is 0 Å². The van der Waals surface area contributed by atoms with Crippen LogP contribution in [-0.4, -0.2) is 6.54 Å². The maximum Gasteiger partial charge on any atom is 0.0549 e. The molecule has 0 spiro atoms. The van der Waals surface area contributed by atoms with E-state index < -0.39 is 0 Å². The first kappa shape index (κ1) is 15.3. The molecular formula is C15H23NS2. The molecule has 0 aliphatic carbocycles. The zero-order valence-corrected chi connectivity index (χ0v) is 13.6. The summed E-state index contributed by atoms with van der Waals surface area (Å²) in [4.78, 5) is 5.25. The Morgan fingerprint density at radius 3 is 1.67 bits per heavy atom. The van der Waals surface area contributed by atoms with E-state index in [2.05, 4.69) is 48.6 Å². The Labute approximate surface area is 119 Å². The Hall–Kier alpha value is -0.800. The Morgan fingerprint density at radius 2 is 1.39 bits per heavy atom. The number of hydrogen-bond acceptors (Lipinski definition) is 3. The Morgan fingerprint density at radius 1 is 0.944 bits per heavy atom. The summed E-state index contributed by atoms with van der Waals surface area (Å²) in [5, 5.41) is 4.35. The van der Waals surface area contributed by atoms with Gasteiger partial charge in [-0.25, -0.2) is 0 Å². The van der Waals surface area contributed by atoms with E-state index in [1.165, 1.54) is 27.5 Å². The average molecular weight is 281 g/mol. The predicted molar refractivity (Wildman–Crippen MR) is 86.8 cm³/mol. The van der Waals surface area contributed by atoms with Gasteiger partial charge in [-0.15, -0.1) is 22.7 Å². The maximum absolute atomic E-state index is 2.44. The normalized spacial score (nSPS) is 9.83. The smallest absolute Gasteiger partial charge is 0.0549 e. The average Bonchev–Trinajstić information content (AvgIpc) is 2.98. The van der Waals surface area contributed by atoms with Crippen LogP contribution in [0.5, 0.6) is 0 Å². The van der Waals surface area contributed by atoms with E-state index in [0.717, 1.165) is 6.54 Å². The second-order valence-electron chi connectivity index (χ2n) is 3.88. The Bertz CT molecular complexity index is 416. The molecule has 2 aromatic rings. The van der Waals surface area contributed by atoms with Crippen LogP contribution < -0.4 is 4.90 Å². The number of aryl methyl sites for hydroxylation is 2. The lowest BCUT2D eigenvalue weighted by atomic mass is 10.2. The molecule has 0 aliphatic rings. The van der Waals surface area contributed by atoms with Crippen molar-refractivity contribution in [3.05, 3.63) is 32.6 Å². The van der Waals surface area contributed by atoms with E-state index in [-0.39, 0.29) is 0 Å². The minimum atomic E-state index is 1.09. The largest absolute Gasteiger partial charge is 0.340 e. The summed E-state index contributed by atoms with van der Waals surface area (Å²) in [5.41, 5.74) is 2.74. The van der Waals surface area contributed by atoms with Gasteiger partial charge in [0.05, 0.1) is 11.4 Å². The van der Waals surface area contributed by atoms with E-state index >= 15 is 0 Å². The molecule has 2 aromatic heterocycles. The van der Waals surface area contributed by atoms with Crippen LogP contribution in [0.1, 0.15) is 36.9 Å². The second kappa shape index (κ2) is 7.59. The van der Waals surface area contributed by atoms with Gasteiger partial charge in [0.15, 0.2) is 0 Å². The SMILES string of the molecule is CC.CCCN(c1ccsc1C)c1ccsc1C. The van der Waals surface area contributed by atoms with E-state index in [4.69, 9.17) is 0 Å². The van der Waals surface area contributed by atoms with Gasteiger partial charge < -0.3 is 4.90 Å². The molecule has 0 saturated carbocycles. The van der Waals surface area contributed by atoms with Crippen molar-refractivity contribution >= 4 is 34.0 Å². The molecule has 0 aliphatic heterocycles. The van der Waals surface area contributed by atoms with E-state index in [1.54, 1.807) is 0 Å². The third-order valence-electron chi connectivity index (χ3n) is 2.69. The predicted octanol–water partition coefficient (Wildman–Crippen LogP) is 6.00. The molecule has 0 unspecified atom stereocenters. The van der Waals surface area contributed by atoms with Crippen molar-refractivity contribution in [3.8, 4) is 0 Å². The Balaban J connectivity index is 0.000000771. The molecule has 0 bridgehead atoms. The summed E-state index contributed by atoms with van der Waals surface area (Å²) >= 11 is 3.65. The Kier molecular flexibility index (Phi) is 6.44. The van der Waals surface area contributed by atoms with E-state index in [0.29, 0.717) is 0 Å². The fraction of sp³-hybridized carbons (Fsp3) is 0.467. The van der Waals surface area contributed by atoms with Crippen molar-refractivity contribution < 1.29 is 0 Å². The van der Waals surface area contributed by atoms with Crippen molar-refractivity contribution in [2.75, 3.05) is 11.4 Å². The highest BCUT2D eigenvalue weighted by Gasteiger charge is 2.14. The molecule has 0 fully saturated rings. The highest BCUT2D eigenvalue weighted by atomic mass is 32.1.